The van der Waals surface area contributed by atoms with Gasteiger partial charge in [-0.15, -0.1) is 0 Å². The van der Waals surface area contributed by atoms with Gasteiger partial charge in [-0.3, -0.25) is 10.1 Å². The molecule has 1 aromatic carbocycles. The van der Waals surface area contributed by atoms with Gasteiger partial charge in [-0.2, -0.15) is 0 Å². The average molecular weight is 233 g/mol. The molecule has 2 rings (SSSR count). The smallest absolute Gasteiger partial charge is 0.258 e. The predicted molar refractivity (Wildman–Crippen MR) is 59.7 cm³/mol. The van der Waals surface area contributed by atoms with E-state index in [9.17, 15) is 14.5 Å². The third-order valence-corrected chi connectivity index (χ3v) is 2.45. The number of nitrogens with zero attached hydrogens (tertiary/aromatic N) is 2. The van der Waals surface area contributed by atoms with Gasteiger partial charge in [0, 0.05) is 23.8 Å². The molecule has 0 amide bonds. The monoisotopic (exact) mass is 233 g/mol. The second-order valence-electron chi connectivity index (χ2n) is 3.67. The van der Waals surface area contributed by atoms with Crippen LogP contribution in [0.2, 0.25) is 0 Å². The summed E-state index contributed by atoms with van der Waals surface area (Å²) >= 11 is 0. The van der Waals surface area contributed by atoms with Crippen molar-refractivity contribution in [3.8, 4) is 11.1 Å². The van der Waals surface area contributed by atoms with Crippen LogP contribution in [0.15, 0.2) is 42.7 Å². The number of benzene rings is 1. The molecule has 0 saturated heterocycles. The Hall–Kier alpha value is -2.30. The van der Waals surface area contributed by atoms with E-state index in [0.717, 1.165) is 6.07 Å². The molecule has 86 valence electrons. The summed E-state index contributed by atoms with van der Waals surface area (Å²) in [5, 5.41) is 10.5. The van der Waals surface area contributed by atoms with Crippen molar-refractivity contribution in [3.05, 3.63) is 58.7 Å². The highest BCUT2D eigenvalue weighted by atomic mass is 19.1. The van der Waals surface area contributed by atoms with Gasteiger partial charge in [-0.05, 0) is 11.6 Å². The van der Waals surface area contributed by atoms with Crippen LogP contribution in [-0.4, -0.2) is 4.92 Å². The molecule has 0 atom stereocenters. The van der Waals surface area contributed by atoms with E-state index in [-0.39, 0.29) is 5.69 Å². The molecule has 0 aliphatic heterocycles. The molecule has 1 heterocycles. The van der Waals surface area contributed by atoms with E-state index >= 15 is 0 Å². The van der Waals surface area contributed by atoms with E-state index < -0.39 is 10.7 Å². The van der Waals surface area contributed by atoms with Crippen molar-refractivity contribution in [1.29, 1.82) is 0 Å². The highest BCUT2D eigenvalue weighted by molar-refractivity contribution is 5.64. The summed E-state index contributed by atoms with van der Waals surface area (Å²) in [7, 11) is 1.86. The Balaban J connectivity index is 2.46. The molecule has 5 heteroatoms. The molecule has 0 aliphatic rings. The predicted octanol–water partition coefficient (Wildman–Crippen LogP) is 2.23. The second kappa shape index (κ2) is 4.29. The van der Waals surface area contributed by atoms with E-state index in [1.165, 1.54) is 12.1 Å². The summed E-state index contributed by atoms with van der Waals surface area (Å²) in [5.41, 5.74) is 0.805. The fourth-order valence-electron chi connectivity index (χ4n) is 1.53. The average Bonchev–Trinajstić information content (AvgIpc) is 2.30. The second-order valence-corrected chi connectivity index (χ2v) is 3.67. The molecule has 0 radical (unpaired) electrons. The van der Waals surface area contributed by atoms with E-state index in [4.69, 9.17) is 0 Å². The van der Waals surface area contributed by atoms with Crippen molar-refractivity contribution in [2.45, 2.75) is 0 Å². The Kier molecular flexibility index (Phi) is 2.82. The van der Waals surface area contributed by atoms with Crippen LogP contribution in [0.5, 0.6) is 0 Å². The Morgan fingerprint density at radius 1 is 1.24 bits per heavy atom. The summed E-state index contributed by atoms with van der Waals surface area (Å²) in [6, 6.07) is 7.16. The SMILES string of the molecule is C[n+]1ccc(-c2ccc([N+](=O)[O-])cc2F)cc1. The molecule has 0 N–H and O–H groups in total. The number of nitro groups is 1. The molecule has 1 aromatic heterocycles. The van der Waals surface area contributed by atoms with Gasteiger partial charge in [0.15, 0.2) is 12.4 Å². The number of aryl methyl sites for hydroxylation is 1. The van der Waals surface area contributed by atoms with Gasteiger partial charge in [0.25, 0.3) is 5.69 Å². The first-order chi connectivity index (χ1) is 8.08. The van der Waals surface area contributed by atoms with Crippen molar-refractivity contribution in [2.75, 3.05) is 0 Å². The van der Waals surface area contributed by atoms with Crippen molar-refractivity contribution in [3.63, 3.8) is 0 Å². The number of non-ortho nitro benzene ring substituents is 1. The van der Waals surface area contributed by atoms with Crippen molar-refractivity contribution < 1.29 is 13.9 Å². The largest absolute Gasteiger partial charge is 0.272 e. The number of rotatable bonds is 2. The minimum Gasteiger partial charge on any atom is -0.258 e. The summed E-state index contributed by atoms with van der Waals surface area (Å²) in [6.07, 6.45) is 3.58. The molecule has 2 aromatic rings. The van der Waals surface area contributed by atoms with E-state index in [1.807, 2.05) is 11.6 Å². The quantitative estimate of drug-likeness (QED) is 0.453. The van der Waals surface area contributed by atoms with Gasteiger partial charge in [0.1, 0.15) is 12.9 Å². The Morgan fingerprint density at radius 3 is 2.41 bits per heavy atom. The molecular weight excluding hydrogens is 223 g/mol. The van der Waals surface area contributed by atoms with E-state index in [0.29, 0.717) is 11.1 Å². The summed E-state index contributed by atoms with van der Waals surface area (Å²) in [4.78, 5) is 9.87. The number of halogens is 1. The Bertz CT molecular complexity index is 567. The molecule has 4 nitrogen and oxygen atoms in total. The van der Waals surface area contributed by atoms with E-state index in [2.05, 4.69) is 0 Å². The maximum Gasteiger partial charge on any atom is 0.272 e. The van der Waals surface area contributed by atoms with Crippen LogP contribution in [0, 0.1) is 15.9 Å². The highest BCUT2D eigenvalue weighted by Crippen LogP contribution is 2.25. The lowest BCUT2D eigenvalue weighted by Crippen LogP contribution is -2.25. The highest BCUT2D eigenvalue weighted by Gasteiger charge is 2.12. The molecule has 0 spiro atoms. The third-order valence-electron chi connectivity index (χ3n) is 2.45. The summed E-state index contributed by atoms with van der Waals surface area (Å²) < 4.78 is 15.5. The number of pyridine rings is 1. The molecule has 0 fully saturated rings. The normalized spacial score (nSPS) is 10.2. The van der Waals surface area contributed by atoms with Crippen LogP contribution < -0.4 is 4.57 Å². The van der Waals surface area contributed by atoms with Gasteiger partial charge in [0.05, 0.1) is 11.0 Å². The molecule has 0 aliphatic carbocycles. The van der Waals surface area contributed by atoms with Crippen LogP contribution >= 0.6 is 0 Å². The van der Waals surface area contributed by atoms with Crippen LogP contribution in [0.25, 0.3) is 11.1 Å². The van der Waals surface area contributed by atoms with Crippen LogP contribution in [0.1, 0.15) is 0 Å². The third kappa shape index (κ3) is 2.28. The van der Waals surface area contributed by atoms with Gasteiger partial charge in [-0.25, -0.2) is 8.96 Å². The van der Waals surface area contributed by atoms with Gasteiger partial charge in [-0.1, -0.05) is 0 Å². The summed E-state index contributed by atoms with van der Waals surface area (Å²) in [6.45, 7) is 0. The number of nitro benzene ring substituents is 1. The van der Waals surface area contributed by atoms with Gasteiger partial charge < -0.3 is 0 Å². The molecule has 0 unspecified atom stereocenters. The number of hydrogen-bond acceptors (Lipinski definition) is 2. The topological polar surface area (TPSA) is 47.0 Å². The van der Waals surface area contributed by atoms with Crippen molar-refractivity contribution in [1.82, 2.24) is 0 Å². The van der Waals surface area contributed by atoms with Crippen molar-refractivity contribution >= 4 is 5.69 Å². The van der Waals surface area contributed by atoms with Gasteiger partial charge in [0.2, 0.25) is 0 Å². The first kappa shape index (κ1) is 11.2. The Morgan fingerprint density at radius 2 is 1.88 bits per heavy atom. The maximum absolute atomic E-state index is 13.7. The minimum absolute atomic E-state index is 0.243. The zero-order valence-corrected chi connectivity index (χ0v) is 9.13. The number of aromatic nitrogens is 1. The fraction of sp³-hybridized carbons (Fsp3) is 0.0833. The zero-order valence-electron chi connectivity index (χ0n) is 9.13. The zero-order chi connectivity index (χ0) is 12.4. The first-order valence-corrected chi connectivity index (χ1v) is 4.97. The summed E-state index contributed by atoms with van der Waals surface area (Å²) in [5.74, 6) is -0.590. The number of hydrogen-bond donors (Lipinski definition) is 0. The lowest BCUT2D eigenvalue weighted by Gasteiger charge is -2.01. The van der Waals surface area contributed by atoms with Gasteiger partial charge >= 0.3 is 0 Å². The molecule has 0 saturated carbocycles. The standard InChI is InChI=1S/C12H10FN2O2/c1-14-6-4-9(5-7-14)11-3-2-10(15(16)17)8-12(11)13/h2-8H,1H3/q+1. The molecule has 0 bridgehead atoms. The molecular formula is C12H10FN2O2+. The Labute approximate surface area is 97.1 Å². The first-order valence-electron chi connectivity index (χ1n) is 4.97. The lowest BCUT2D eigenvalue weighted by atomic mass is 10.1. The minimum atomic E-state index is -0.613. The fourth-order valence-corrected chi connectivity index (χ4v) is 1.53. The maximum atomic E-state index is 13.7. The van der Waals surface area contributed by atoms with Crippen LogP contribution in [-0.2, 0) is 7.05 Å². The lowest BCUT2D eigenvalue weighted by molar-refractivity contribution is -0.671. The van der Waals surface area contributed by atoms with Crippen LogP contribution in [0.4, 0.5) is 10.1 Å². The molecule has 17 heavy (non-hydrogen) atoms. The van der Waals surface area contributed by atoms with Crippen molar-refractivity contribution in [2.24, 2.45) is 7.05 Å². The van der Waals surface area contributed by atoms with E-state index in [1.54, 1.807) is 24.5 Å². The van der Waals surface area contributed by atoms with Crippen LogP contribution in [0.3, 0.4) is 0 Å².